The van der Waals surface area contributed by atoms with Crippen LogP contribution in [0, 0.1) is 6.92 Å². The monoisotopic (exact) mass is 467 g/mol. The van der Waals surface area contributed by atoms with E-state index in [0.717, 1.165) is 24.2 Å². The van der Waals surface area contributed by atoms with Gasteiger partial charge in [-0.1, -0.05) is 134 Å². The van der Waals surface area contributed by atoms with E-state index in [0.29, 0.717) is 12.4 Å². The van der Waals surface area contributed by atoms with Gasteiger partial charge in [0.05, 0.1) is 5.69 Å². The van der Waals surface area contributed by atoms with Gasteiger partial charge in [-0.25, -0.2) is 0 Å². The first-order valence-electron chi connectivity index (χ1n) is 14.1. The summed E-state index contributed by atoms with van der Waals surface area (Å²) in [6, 6.07) is 11.7. The maximum atomic E-state index is 12.3. The van der Waals surface area contributed by atoms with E-state index in [1.165, 1.54) is 96.3 Å². The van der Waals surface area contributed by atoms with Crippen molar-refractivity contribution in [2.45, 2.75) is 130 Å². The summed E-state index contributed by atoms with van der Waals surface area (Å²) in [7, 11) is 0. The molecule has 0 fully saturated rings. The fraction of sp³-hybridized carbons (Fsp3) is 0.645. The van der Waals surface area contributed by atoms with E-state index in [-0.39, 0.29) is 5.43 Å². The number of pyridine rings is 1. The summed E-state index contributed by atoms with van der Waals surface area (Å²) in [5, 5.41) is 0. The number of hydrogen-bond donors (Lipinski definition) is 0. The summed E-state index contributed by atoms with van der Waals surface area (Å²) in [4.78, 5) is 12.3. The van der Waals surface area contributed by atoms with Crippen LogP contribution < -0.4 is 10.2 Å². The molecule has 1 aromatic heterocycles. The van der Waals surface area contributed by atoms with Crippen LogP contribution in [0.4, 0.5) is 0 Å². The first kappa shape index (κ1) is 28.2. The molecule has 0 amide bonds. The Morgan fingerprint density at radius 3 is 1.71 bits per heavy atom. The van der Waals surface area contributed by atoms with Crippen molar-refractivity contribution in [2.75, 3.05) is 0 Å². The average molecular weight is 468 g/mol. The third-order valence-corrected chi connectivity index (χ3v) is 6.87. The Kier molecular flexibility index (Phi) is 15.2. The molecule has 3 heteroatoms. The number of nitrogens with zero attached hydrogens (tertiary/aromatic N) is 1. The molecule has 0 spiro atoms. The third-order valence-electron chi connectivity index (χ3n) is 6.87. The second-order valence-corrected chi connectivity index (χ2v) is 9.87. The molecule has 0 unspecified atom stereocenters. The van der Waals surface area contributed by atoms with Crippen LogP contribution >= 0.6 is 0 Å². The highest BCUT2D eigenvalue weighted by Gasteiger charge is 2.09. The Morgan fingerprint density at radius 2 is 1.18 bits per heavy atom. The van der Waals surface area contributed by atoms with Gasteiger partial charge in [-0.2, -0.15) is 0 Å². The maximum Gasteiger partial charge on any atom is 0.223 e. The zero-order chi connectivity index (χ0) is 24.3. The molecule has 0 aliphatic rings. The minimum atomic E-state index is -0.0309. The summed E-state index contributed by atoms with van der Waals surface area (Å²) in [6.07, 6.45) is 24.0. The zero-order valence-corrected chi connectivity index (χ0v) is 22.0. The number of aryl methyl sites for hydroxylation is 1. The van der Waals surface area contributed by atoms with E-state index >= 15 is 0 Å². The lowest BCUT2D eigenvalue weighted by Crippen LogP contribution is -2.15. The highest BCUT2D eigenvalue weighted by atomic mass is 16.5. The van der Waals surface area contributed by atoms with Crippen LogP contribution in [0.15, 0.2) is 47.4 Å². The van der Waals surface area contributed by atoms with Crippen molar-refractivity contribution in [2.24, 2.45) is 0 Å². The number of unbranched alkanes of at least 4 members (excludes halogenated alkanes) is 15. The van der Waals surface area contributed by atoms with Gasteiger partial charge in [0.2, 0.25) is 5.43 Å². The van der Waals surface area contributed by atoms with Crippen LogP contribution in [0.25, 0.3) is 0 Å². The summed E-state index contributed by atoms with van der Waals surface area (Å²) < 4.78 is 8.07. The normalized spacial score (nSPS) is 11.1. The number of aromatic nitrogens is 1. The van der Waals surface area contributed by atoms with E-state index < -0.39 is 0 Å². The minimum Gasteiger partial charge on any atom is -0.483 e. The SMILES string of the molecule is CCCCCCCCCCCCCCCCCCn1ccc(=O)c(OCc2ccccc2)c1C. The zero-order valence-electron chi connectivity index (χ0n) is 22.0. The fourth-order valence-electron chi connectivity index (χ4n) is 4.63. The van der Waals surface area contributed by atoms with Gasteiger partial charge in [-0.15, -0.1) is 0 Å². The van der Waals surface area contributed by atoms with Crippen molar-refractivity contribution in [3.63, 3.8) is 0 Å². The predicted octanol–water partition coefficient (Wildman–Crippen LogP) is 9.00. The molecular formula is C31H49NO2. The molecule has 1 aromatic carbocycles. The van der Waals surface area contributed by atoms with Crippen molar-refractivity contribution in [3.8, 4) is 5.75 Å². The van der Waals surface area contributed by atoms with E-state index in [9.17, 15) is 4.79 Å². The van der Waals surface area contributed by atoms with Crippen molar-refractivity contribution in [3.05, 3.63) is 64.1 Å². The van der Waals surface area contributed by atoms with Crippen LogP contribution in [0.5, 0.6) is 5.75 Å². The first-order chi connectivity index (χ1) is 16.7. The van der Waals surface area contributed by atoms with Gasteiger partial charge >= 0.3 is 0 Å². The molecular weight excluding hydrogens is 418 g/mol. The van der Waals surface area contributed by atoms with Crippen molar-refractivity contribution < 1.29 is 4.74 Å². The lowest BCUT2D eigenvalue weighted by molar-refractivity contribution is 0.296. The Morgan fingerprint density at radius 1 is 0.676 bits per heavy atom. The number of rotatable bonds is 20. The molecule has 0 saturated heterocycles. The number of ether oxygens (including phenoxy) is 1. The molecule has 0 aliphatic carbocycles. The molecule has 3 nitrogen and oxygen atoms in total. The summed E-state index contributed by atoms with van der Waals surface area (Å²) in [6.45, 7) is 5.66. The fourth-order valence-corrected chi connectivity index (χ4v) is 4.63. The highest BCUT2D eigenvalue weighted by molar-refractivity contribution is 5.28. The summed E-state index contributed by atoms with van der Waals surface area (Å²) in [5.74, 6) is 0.489. The van der Waals surface area contributed by atoms with Gasteiger partial charge < -0.3 is 9.30 Å². The standard InChI is InChI=1S/C31H49NO2/c1-3-4-5-6-7-8-9-10-11-12-13-14-15-16-17-21-25-32-26-24-30(33)31(28(32)2)34-27-29-22-19-18-20-23-29/h18-20,22-24,26H,3-17,21,25,27H2,1-2H3. The highest BCUT2D eigenvalue weighted by Crippen LogP contribution is 2.16. The van der Waals surface area contributed by atoms with Crippen LogP contribution in [0.1, 0.15) is 121 Å². The number of benzene rings is 1. The average Bonchev–Trinajstić information content (AvgIpc) is 2.85. The Hall–Kier alpha value is -2.03. The van der Waals surface area contributed by atoms with Crippen LogP contribution in [0.3, 0.4) is 0 Å². The molecule has 2 aromatic rings. The second kappa shape index (κ2) is 18.3. The molecule has 1 heterocycles. The van der Waals surface area contributed by atoms with Gasteiger partial charge in [-0.05, 0) is 18.9 Å². The van der Waals surface area contributed by atoms with Gasteiger partial charge in [0, 0.05) is 18.8 Å². The van der Waals surface area contributed by atoms with E-state index in [4.69, 9.17) is 4.74 Å². The molecule has 34 heavy (non-hydrogen) atoms. The lowest BCUT2D eigenvalue weighted by Gasteiger charge is -2.15. The molecule has 0 N–H and O–H groups in total. The van der Waals surface area contributed by atoms with Gasteiger partial charge in [0.1, 0.15) is 6.61 Å². The van der Waals surface area contributed by atoms with Crippen molar-refractivity contribution >= 4 is 0 Å². The molecule has 0 bridgehead atoms. The maximum absolute atomic E-state index is 12.3. The third kappa shape index (κ3) is 11.9. The molecule has 0 saturated carbocycles. The first-order valence-corrected chi connectivity index (χ1v) is 14.1. The molecule has 0 atom stereocenters. The number of hydrogen-bond acceptors (Lipinski definition) is 2. The Bertz CT molecular complexity index is 812. The molecule has 0 radical (unpaired) electrons. The second-order valence-electron chi connectivity index (χ2n) is 9.87. The quantitative estimate of drug-likeness (QED) is 0.182. The minimum absolute atomic E-state index is 0.0309. The molecule has 0 aliphatic heterocycles. The lowest BCUT2D eigenvalue weighted by atomic mass is 10.0. The largest absolute Gasteiger partial charge is 0.483 e. The smallest absolute Gasteiger partial charge is 0.223 e. The Balaban J connectivity index is 1.50. The summed E-state index contributed by atoms with van der Waals surface area (Å²) >= 11 is 0. The van der Waals surface area contributed by atoms with Crippen LogP contribution in [0.2, 0.25) is 0 Å². The molecule has 190 valence electrons. The van der Waals surface area contributed by atoms with E-state index in [1.807, 2.05) is 43.5 Å². The Labute approximate surface area is 208 Å². The summed E-state index contributed by atoms with van der Waals surface area (Å²) in [5.41, 5.74) is 1.98. The van der Waals surface area contributed by atoms with Gasteiger partial charge in [0.15, 0.2) is 5.75 Å². The van der Waals surface area contributed by atoms with Crippen LogP contribution in [-0.2, 0) is 13.2 Å². The topological polar surface area (TPSA) is 31.2 Å². The van der Waals surface area contributed by atoms with Crippen molar-refractivity contribution in [1.82, 2.24) is 4.57 Å². The van der Waals surface area contributed by atoms with Crippen LogP contribution in [-0.4, -0.2) is 4.57 Å². The van der Waals surface area contributed by atoms with Crippen molar-refractivity contribution in [1.29, 1.82) is 0 Å². The van der Waals surface area contributed by atoms with E-state index in [1.54, 1.807) is 6.07 Å². The predicted molar refractivity (Wildman–Crippen MR) is 146 cm³/mol. The van der Waals surface area contributed by atoms with Gasteiger partial charge in [0.25, 0.3) is 0 Å². The van der Waals surface area contributed by atoms with E-state index in [2.05, 4.69) is 11.5 Å². The molecule has 2 rings (SSSR count). The van der Waals surface area contributed by atoms with Gasteiger partial charge in [-0.3, -0.25) is 4.79 Å².